The summed E-state index contributed by atoms with van der Waals surface area (Å²) in [6.07, 6.45) is 2.44. The highest BCUT2D eigenvalue weighted by Gasteiger charge is 2.22. The number of likely N-dealkylation sites (tertiary alicyclic amines) is 1. The van der Waals surface area contributed by atoms with Crippen LogP contribution in [0, 0.1) is 6.92 Å². The molecule has 0 aliphatic carbocycles. The molecule has 1 aliphatic heterocycles. The highest BCUT2D eigenvalue weighted by molar-refractivity contribution is 9.10. The topological polar surface area (TPSA) is 26.7 Å². The number of phenols is 1. The zero-order chi connectivity index (χ0) is 14.7. The average molecular weight is 341 g/mol. The number of rotatable bonds is 4. The number of aromatic hydroxyl groups is 1. The van der Waals surface area contributed by atoms with E-state index in [0.29, 0.717) is 11.8 Å². The van der Waals surface area contributed by atoms with E-state index < -0.39 is 0 Å². The summed E-state index contributed by atoms with van der Waals surface area (Å²) in [5.41, 5.74) is 1.95. The van der Waals surface area contributed by atoms with Crippen LogP contribution < -0.4 is 0 Å². The molecular formula is C16H25BrN2O. The summed E-state index contributed by atoms with van der Waals surface area (Å²) in [5, 5.41) is 10.2. The van der Waals surface area contributed by atoms with Crippen LogP contribution in [-0.4, -0.2) is 47.6 Å². The van der Waals surface area contributed by atoms with Crippen molar-refractivity contribution in [3.63, 3.8) is 0 Å². The molecule has 1 aromatic carbocycles. The summed E-state index contributed by atoms with van der Waals surface area (Å²) in [4.78, 5) is 4.89. The average Bonchev–Trinajstić information content (AvgIpc) is 2.44. The Morgan fingerprint density at radius 3 is 2.60 bits per heavy atom. The van der Waals surface area contributed by atoms with E-state index in [-0.39, 0.29) is 0 Å². The van der Waals surface area contributed by atoms with Crippen molar-refractivity contribution in [3.05, 3.63) is 27.7 Å². The predicted octanol–water partition coefficient (Wildman–Crippen LogP) is 3.38. The van der Waals surface area contributed by atoms with Gasteiger partial charge in [-0.05, 0) is 64.1 Å². The lowest BCUT2D eigenvalue weighted by Crippen LogP contribution is -2.42. The van der Waals surface area contributed by atoms with Gasteiger partial charge in [-0.3, -0.25) is 4.90 Å². The van der Waals surface area contributed by atoms with Crippen LogP contribution in [0.3, 0.4) is 0 Å². The lowest BCUT2D eigenvalue weighted by molar-refractivity contribution is 0.126. The Labute approximate surface area is 130 Å². The van der Waals surface area contributed by atoms with E-state index >= 15 is 0 Å². The molecule has 4 heteroatoms. The van der Waals surface area contributed by atoms with Crippen LogP contribution in [0.2, 0.25) is 0 Å². The second kappa shape index (κ2) is 6.92. The molecule has 20 heavy (non-hydrogen) atoms. The fraction of sp³-hybridized carbons (Fsp3) is 0.625. The molecule has 1 saturated heterocycles. The minimum Gasteiger partial charge on any atom is -0.507 e. The summed E-state index contributed by atoms with van der Waals surface area (Å²) in [6.45, 7) is 8.52. The van der Waals surface area contributed by atoms with E-state index in [1.165, 1.54) is 25.9 Å². The summed E-state index contributed by atoms with van der Waals surface area (Å²) < 4.78 is 1.04. The number of hydrogen-bond donors (Lipinski definition) is 1. The standard InChI is InChI=1S/C16H25BrN2O/c1-4-19-7-5-15(6-8-19)18(3)11-13-10-14(17)9-12(2)16(13)20/h9-10,15,20H,4-8,11H2,1-3H3. The van der Waals surface area contributed by atoms with E-state index in [2.05, 4.69) is 39.7 Å². The Morgan fingerprint density at radius 1 is 1.35 bits per heavy atom. The van der Waals surface area contributed by atoms with Crippen LogP contribution in [0.4, 0.5) is 0 Å². The van der Waals surface area contributed by atoms with Gasteiger partial charge in [0.1, 0.15) is 5.75 Å². The van der Waals surface area contributed by atoms with Crippen LogP contribution in [0.25, 0.3) is 0 Å². The first kappa shape index (κ1) is 15.8. The van der Waals surface area contributed by atoms with Crippen LogP contribution in [0.1, 0.15) is 30.9 Å². The number of aryl methyl sites for hydroxylation is 1. The van der Waals surface area contributed by atoms with E-state index in [0.717, 1.165) is 28.7 Å². The highest BCUT2D eigenvalue weighted by Crippen LogP contribution is 2.28. The van der Waals surface area contributed by atoms with Gasteiger partial charge in [0.2, 0.25) is 0 Å². The summed E-state index contributed by atoms with van der Waals surface area (Å²) in [7, 11) is 2.17. The van der Waals surface area contributed by atoms with Gasteiger partial charge in [-0.2, -0.15) is 0 Å². The first-order chi connectivity index (χ1) is 9.51. The summed E-state index contributed by atoms with van der Waals surface area (Å²) in [5.74, 6) is 0.436. The van der Waals surface area contributed by atoms with E-state index in [4.69, 9.17) is 0 Å². The van der Waals surface area contributed by atoms with Crippen molar-refractivity contribution in [1.82, 2.24) is 9.80 Å². The second-order valence-electron chi connectivity index (χ2n) is 5.81. The van der Waals surface area contributed by atoms with Crippen LogP contribution >= 0.6 is 15.9 Å². The maximum absolute atomic E-state index is 10.2. The van der Waals surface area contributed by atoms with Crippen LogP contribution in [-0.2, 0) is 6.54 Å². The number of piperidine rings is 1. The van der Waals surface area contributed by atoms with E-state index in [1.807, 2.05) is 19.1 Å². The van der Waals surface area contributed by atoms with Crippen LogP contribution in [0.5, 0.6) is 5.75 Å². The third-order valence-electron chi connectivity index (χ3n) is 4.39. The molecular weight excluding hydrogens is 316 g/mol. The number of hydrogen-bond acceptors (Lipinski definition) is 3. The molecule has 1 aliphatic rings. The molecule has 1 heterocycles. The molecule has 0 bridgehead atoms. The molecule has 0 radical (unpaired) electrons. The number of phenolic OH excluding ortho intramolecular Hbond substituents is 1. The van der Waals surface area contributed by atoms with Gasteiger partial charge in [-0.25, -0.2) is 0 Å². The summed E-state index contributed by atoms with van der Waals surface area (Å²) in [6, 6.07) is 4.61. The summed E-state index contributed by atoms with van der Waals surface area (Å²) >= 11 is 3.51. The Balaban J connectivity index is 2.00. The molecule has 0 amide bonds. The SMILES string of the molecule is CCN1CCC(N(C)Cc2cc(Br)cc(C)c2O)CC1. The quantitative estimate of drug-likeness (QED) is 0.910. The van der Waals surface area contributed by atoms with Gasteiger partial charge in [0.25, 0.3) is 0 Å². The van der Waals surface area contributed by atoms with Crippen molar-refractivity contribution in [2.75, 3.05) is 26.7 Å². The van der Waals surface area contributed by atoms with Crippen molar-refractivity contribution < 1.29 is 5.11 Å². The molecule has 0 spiro atoms. The molecule has 0 aromatic heterocycles. The molecule has 0 saturated carbocycles. The molecule has 2 rings (SSSR count). The van der Waals surface area contributed by atoms with Crippen molar-refractivity contribution >= 4 is 15.9 Å². The van der Waals surface area contributed by atoms with Gasteiger partial charge in [-0.1, -0.05) is 22.9 Å². The van der Waals surface area contributed by atoms with Gasteiger partial charge < -0.3 is 10.0 Å². The van der Waals surface area contributed by atoms with Crippen LogP contribution in [0.15, 0.2) is 16.6 Å². The van der Waals surface area contributed by atoms with Gasteiger partial charge >= 0.3 is 0 Å². The van der Waals surface area contributed by atoms with Crippen molar-refractivity contribution in [2.24, 2.45) is 0 Å². The minimum atomic E-state index is 0.436. The Morgan fingerprint density at radius 2 is 2.00 bits per heavy atom. The molecule has 1 aromatic rings. The number of benzene rings is 1. The molecule has 3 nitrogen and oxygen atoms in total. The van der Waals surface area contributed by atoms with Crippen molar-refractivity contribution in [2.45, 2.75) is 39.3 Å². The molecule has 112 valence electrons. The zero-order valence-electron chi connectivity index (χ0n) is 12.7. The van der Waals surface area contributed by atoms with Gasteiger partial charge in [0, 0.05) is 22.6 Å². The predicted molar refractivity (Wildman–Crippen MR) is 87.1 cm³/mol. The van der Waals surface area contributed by atoms with E-state index in [1.54, 1.807) is 0 Å². The molecule has 1 fully saturated rings. The maximum atomic E-state index is 10.2. The number of halogens is 1. The van der Waals surface area contributed by atoms with Gasteiger partial charge in [0.05, 0.1) is 0 Å². The Kier molecular flexibility index (Phi) is 5.47. The molecule has 0 unspecified atom stereocenters. The highest BCUT2D eigenvalue weighted by atomic mass is 79.9. The zero-order valence-corrected chi connectivity index (χ0v) is 14.3. The lowest BCUT2D eigenvalue weighted by atomic mass is 10.0. The Bertz CT molecular complexity index is 456. The first-order valence-corrected chi connectivity index (χ1v) is 8.21. The molecule has 0 atom stereocenters. The van der Waals surface area contributed by atoms with Crippen molar-refractivity contribution in [3.8, 4) is 5.75 Å². The number of nitrogens with zero attached hydrogens (tertiary/aromatic N) is 2. The Hall–Kier alpha value is -0.580. The third-order valence-corrected chi connectivity index (χ3v) is 4.85. The van der Waals surface area contributed by atoms with Gasteiger partial charge in [0.15, 0.2) is 0 Å². The normalized spacial score (nSPS) is 17.9. The third kappa shape index (κ3) is 3.74. The maximum Gasteiger partial charge on any atom is 0.123 e. The van der Waals surface area contributed by atoms with E-state index in [9.17, 15) is 5.11 Å². The van der Waals surface area contributed by atoms with Gasteiger partial charge in [-0.15, -0.1) is 0 Å². The largest absolute Gasteiger partial charge is 0.507 e. The smallest absolute Gasteiger partial charge is 0.123 e. The second-order valence-corrected chi connectivity index (χ2v) is 6.73. The minimum absolute atomic E-state index is 0.436. The lowest BCUT2D eigenvalue weighted by Gasteiger charge is -2.36. The fourth-order valence-corrected chi connectivity index (χ4v) is 3.62. The monoisotopic (exact) mass is 340 g/mol. The molecule has 1 N–H and O–H groups in total. The first-order valence-electron chi connectivity index (χ1n) is 7.41. The van der Waals surface area contributed by atoms with Crippen molar-refractivity contribution in [1.29, 1.82) is 0 Å². The fourth-order valence-electron chi connectivity index (χ4n) is 3.00.